The van der Waals surface area contributed by atoms with Crippen molar-refractivity contribution in [2.24, 2.45) is 17.6 Å². The van der Waals surface area contributed by atoms with E-state index in [1.807, 2.05) is 0 Å². The first-order valence-electron chi connectivity index (χ1n) is 7.80. The number of hydrogen-bond donors (Lipinski definition) is 2. The van der Waals surface area contributed by atoms with Crippen molar-refractivity contribution in [1.82, 2.24) is 10.2 Å². The second kappa shape index (κ2) is 9.32. The minimum absolute atomic E-state index is 0.127. The van der Waals surface area contributed by atoms with Crippen LogP contribution in [-0.2, 0) is 9.53 Å². The van der Waals surface area contributed by atoms with E-state index in [0.717, 1.165) is 39.3 Å². The van der Waals surface area contributed by atoms with Crippen molar-refractivity contribution in [2.45, 2.75) is 39.7 Å². The Balaban J connectivity index is 2.25. The molecule has 0 saturated carbocycles. The van der Waals surface area contributed by atoms with Crippen LogP contribution < -0.4 is 11.1 Å². The van der Waals surface area contributed by atoms with Crippen LogP contribution in [0.1, 0.15) is 33.6 Å². The van der Waals surface area contributed by atoms with E-state index in [2.05, 4.69) is 31.0 Å². The molecule has 2 atom stereocenters. The number of amides is 1. The number of carbonyl (C=O) groups excluding carboxylic acids is 1. The van der Waals surface area contributed by atoms with Gasteiger partial charge in [0.25, 0.3) is 0 Å². The second-order valence-corrected chi connectivity index (χ2v) is 6.32. The first-order chi connectivity index (χ1) is 9.51. The van der Waals surface area contributed by atoms with E-state index in [0.29, 0.717) is 24.8 Å². The third-order valence-corrected chi connectivity index (χ3v) is 3.66. The second-order valence-electron chi connectivity index (χ2n) is 6.32. The molecule has 0 aromatic heterocycles. The molecule has 0 aliphatic carbocycles. The molecule has 1 unspecified atom stereocenters. The normalized spacial score (nSPS) is 19.9. The van der Waals surface area contributed by atoms with Crippen LogP contribution in [0.25, 0.3) is 0 Å². The van der Waals surface area contributed by atoms with Crippen LogP contribution in [0, 0.1) is 11.8 Å². The Labute approximate surface area is 123 Å². The maximum atomic E-state index is 12.0. The molecule has 0 aromatic rings. The van der Waals surface area contributed by atoms with Crippen molar-refractivity contribution in [3.8, 4) is 0 Å². The van der Waals surface area contributed by atoms with E-state index < -0.39 is 0 Å². The fraction of sp³-hybridized carbons (Fsp3) is 0.933. The van der Waals surface area contributed by atoms with Crippen LogP contribution in [-0.4, -0.2) is 56.2 Å². The van der Waals surface area contributed by atoms with E-state index in [4.69, 9.17) is 10.5 Å². The molecular formula is C15H31N3O2. The topological polar surface area (TPSA) is 67.6 Å². The summed E-state index contributed by atoms with van der Waals surface area (Å²) in [5.74, 6) is 1.01. The molecule has 118 valence electrons. The van der Waals surface area contributed by atoms with Crippen molar-refractivity contribution < 1.29 is 9.53 Å². The highest BCUT2D eigenvalue weighted by atomic mass is 16.5. The Hall–Kier alpha value is -0.650. The van der Waals surface area contributed by atoms with Crippen molar-refractivity contribution >= 4 is 5.91 Å². The third-order valence-electron chi connectivity index (χ3n) is 3.66. The molecule has 1 fully saturated rings. The van der Waals surface area contributed by atoms with E-state index in [1.54, 1.807) is 0 Å². The predicted molar refractivity (Wildman–Crippen MR) is 81.5 cm³/mol. The van der Waals surface area contributed by atoms with Crippen LogP contribution in [0.15, 0.2) is 0 Å². The van der Waals surface area contributed by atoms with Crippen LogP contribution in [0.4, 0.5) is 0 Å². The number of rotatable bonds is 8. The molecule has 1 rings (SSSR count). The summed E-state index contributed by atoms with van der Waals surface area (Å²) in [5.41, 5.74) is 5.75. The lowest BCUT2D eigenvalue weighted by Gasteiger charge is -2.29. The Kier molecular flexibility index (Phi) is 8.11. The minimum Gasteiger partial charge on any atom is -0.379 e. The zero-order chi connectivity index (χ0) is 15.0. The lowest BCUT2D eigenvalue weighted by molar-refractivity contribution is -0.122. The lowest BCUT2D eigenvalue weighted by atomic mass is 9.94. The largest absolute Gasteiger partial charge is 0.379 e. The summed E-state index contributed by atoms with van der Waals surface area (Å²) < 4.78 is 5.32. The van der Waals surface area contributed by atoms with Crippen molar-refractivity contribution in [3.05, 3.63) is 0 Å². The molecule has 3 N–H and O–H groups in total. The molecule has 1 saturated heterocycles. The zero-order valence-electron chi connectivity index (χ0n) is 13.2. The van der Waals surface area contributed by atoms with E-state index >= 15 is 0 Å². The molecular weight excluding hydrogens is 254 g/mol. The van der Waals surface area contributed by atoms with Crippen molar-refractivity contribution in [2.75, 3.05) is 39.4 Å². The SMILES string of the molecule is CC(C)C[C@H](CN)CC(=O)NC(C)CN1CCOCC1. The monoisotopic (exact) mass is 285 g/mol. The Morgan fingerprint density at radius 1 is 1.30 bits per heavy atom. The Morgan fingerprint density at radius 3 is 2.50 bits per heavy atom. The quantitative estimate of drug-likeness (QED) is 0.693. The van der Waals surface area contributed by atoms with Gasteiger partial charge in [0.15, 0.2) is 0 Å². The van der Waals surface area contributed by atoms with Crippen molar-refractivity contribution in [3.63, 3.8) is 0 Å². The highest BCUT2D eigenvalue weighted by molar-refractivity contribution is 5.76. The molecule has 1 amide bonds. The van der Waals surface area contributed by atoms with Gasteiger partial charge in [-0.1, -0.05) is 13.8 Å². The minimum atomic E-state index is 0.127. The third kappa shape index (κ3) is 7.22. The maximum Gasteiger partial charge on any atom is 0.220 e. The van der Waals surface area contributed by atoms with Crippen LogP contribution in [0.5, 0.6) is 0 Å². The first-order valence-corrected chi connectivity index (χ1v) is 7.80. The maximum absolute atomic E-state index is 12.0. The molecule has 1 aliphatic rings. The van der Waals surface area contributed by atoms with Crippen LogP contribution in [0.3, 0.4) is 0 Å². The van der Waals surface area contributed by atoms with E-state index in [1.165, 1.54) is 0 Å². The van der Waals surface area contributed by atoms with Gasteiger partial charge in [-0.25, -0.2) is 0 Å². The number of morpholine rings is 1. The van der Waals surface area contributed by atoms with Crippen LogP contribution >= 0.6 is 0 Å². The number of hydrogen-bond acceptors (Lipinski definition) is 4. The molecule has 0 aromatic carbocycles. The zero-order valence-corrected chi connectivity index (χ0v) is 13.2. The fourth-order valence-corrected chi connectivity index (χ4v) is 2.74. The standard InChI is InChI=1S/C15H31N3O2/c1-12(2)8-14(10-16)9-15(19)17-13(3)11-18-4-6-20-7-5-18/h12-14H,4-11,16H2,1-3H3,(H,17,19)/t13?,14-/m0/s1. The fourth-order valence-electron chi connectivity index (χ4n) is 2.74. The molecule has 20 heavy (non-hydrogen) atoms. The summed E-state index contributed by atoms with van der Waals surface area (Å²) in [6.07, 6.45) is 1.56. The summed E-state index contributed by atoms with van der Waals surface area (Å²) >= 11 is 0. The summed E-state index contributed by atoms with van der Waals surface area (Å²) in [6.45, 7) is 11.4. The average molecular weight is 285 g/mol. The van der Waals surface area contributed by atoms with Gasteiger partial charge in [0.1, 0.15) is 0 Å². The van der Waals surface area contributed by atoms with Gasteiger partial charge in [0, 0.05) is 32.1 Å². The highest BCUT2D eigenvalue weighted by Crippen LogP contribution is 2.14. The average Bonchev–Trinajstić information content (AvgIpc) is 2.38. The van der Waals surface area contributed by atoms with Crippen molar-refractivity contribution in [1.29, 1.82) is 0 Å². The number of nitrogens with two attached hydrogens (primary N) is 1. The Morgan fingerprint density at radius 2 is 1.95 bits per heavy atom. The molecule has 5 heteroatoms. The molecule has 1 heterocycles. The summed E-state index contributed by atoms with van der Waals surface area (Å²) in [4.78, 5) is 14.4. The molecule has 5 nitrogen and oxygen atoms in total. The van der Waals surface area contributed by atoms with E-state index in [-0.39, 0.29) is 11.9 Å². The highest BCUT2D eigenvalue weighted by Gasteiger charge is 2.18. The van der Waals surface area contributed by atoms with Gasteiger partial charge in [-0.2, -0.15) is 0 Å². The smallest absolute Gasteiger partial charge is 0.220 e. The first kappa shape index (κ1) is 17.4. The van der Waals surface area contributed by atoms with Gasteiger partial charge in [-0.05, 0) is 31.7 Å². The molecule has 0 spiro atoms. The van der Waals surface area contributed by atoms with Gasteiger partial charge in [0.2, 0.25) is 5.91 Å². The number of ether oxygens (including phenoxy) is 1. The molecule has 0 radical (unpaired) electrons. The molecule has 1 aliphatic heterocycles. The van der Waals surface area contributed by atoms with Gasteiger partial charge in [-0.15, -0.1) is 0 Å². The van der Waals surface area contributed by atoms with Gasteiger partial charge >= 0.3 is 0 Å². The summed E-state index contributed by atoms with van der Waals surface area (Å²) in [7, 11) is 0. The van der Waals surface area contributed by atoms with Crippen LogP contribution in [0.2, 0.25) is 0 Å². The van der Waals surface area contributed by atoms with Gasteiger partial charge in [-0.3, -0.25) is 9.69 Å². The summed E-state index contributed by atoms with van der Waals surface area (Å²) in [5, 5.41) is 3.09. The molecule has 0 bridgehead atoms. The van der Waals surface area contributed by atoms with E-state index in [9.17, 15) is 4.79 Å². The number of carbonyl (C=O) groups is 1. The Bertz CT molecular complexity index is 278. The lowest BCUT2D eigenvalue weighted by Crippen LogP contribution is -2.46. The van der Waals surface area contributed by atoms with Gasteiger partial charge < -0.3 is 15.8 Å². The predicted octanol–water partition coefficient (Wildman–Crippen LogP) is 0.834. The number of nitrogens with one attached hydrogen (secondary N) is 1. The van der Waals surface area contributed by atoms with Gasteiger partial charge in [0.05, 0.1) is 13.2 Å². The number of nitrogens with zero attached hydrogens (tertiary/aromatic N) is 1. The summed E-state index contributed by atoms with van der Waals surface area (Å²) in [6, 6.07) is 0.179.